The van der Waals surface area contributed by atoms with Crippen molar-refractivity contribution < 1.29 is 37.2 Å². The number of nitro benzene ring substituents is 1. The van der Waals surface area contributed by atoms with Crippen LogP contribution < -0.4 is 10.2 Å². The van der Waals surface area contributed by atoms with Crippen LogP contribution in [0, 0.1) is 10.1 Å². The van der Waals surface area contributed by atoms with E-state index in [1.165, 1.54) is 25.1 Å². The topological polar surface area (TPSA) is 111 Å². The number of hydrogen-bond donors (Lipinski definition) is 1. The average Bonchev–Trinajstić information content (AvgIpc) is 2.79. The number of carbonyl (C=O) groups excluding carboxylic acids is 2. The summed E-state index contributed by atoms with van der Waals surface area (Å²) < 4.78 is 50.0. The number of amides is 1. The molecule has 3 rings (SSSR count). The van der Waals surface area contributed by atoms with E-state index in [4.69, 9.17) is 9.47 Å². The third kappa shape index (κ3) is 5.98. The minimum atomic E-state index is -4.61. The zero-order chi connectivity index (χ0) is 24.2. The van der Waals surface area contributed by atoms with Gasteiger partial charge < -0.3 is 19.7 Å². The molecule has 1 unspecified atom stereocenters. The summed E-state index contributed by atoms with van der Waals surface area (Å²) in [6.07, 6.45) is -5.96. The predicted molar refractivity (Wildman–Crippen MR) is 111 cm³/mol. The molecular formula is C21H20F3N3O6. The van der Waals surface area contributed by atoms with Gasteiger partial charge in [-0.3, -0.25) is 14.9 Å². The summed E-state index contributed by atoms with van der Waals surface area (Å²) in [5.41, 5.74) is -0.875. The van der Waals surface area contributed by atoms with Crippen LogP contribution >= 0.6 is 0 Å². The van der Waals surface area contributed by atoms with Crippen molar-refractivity contribution in [1.82, 2.24) is 0 Å². The first-order chi connectivity index (χ1) is 15.6. The van der Waals surface area contributed by atoms with Crippen LogP contribution in [0.5, 0.6) is 0 Å². The van der Waals surface area contributed by atoms with Crippen molar-refractivity contribution >= 4 is 28.9 Å². The van der Waals surface area contributed by atoms with Gasteiger partial charge in [0.2, 0.25) is 0 Å². The van der Waals surface area contributed by atoms with Crippen LogP contribution in [0.3, 0.4) is 0 Å². The van der Waals surface area contributed by atoms with Gasteiger partial charge in [0, 0.05) is 25.2 Å². The van der Waals surface area contributed by atoms with E-state index in [9.17, 15) is 32.9 Å². The van der Waals surface area contributed by atoms with Gasteiger partial charge in [-0.25, -0.2) is 4.79 Å². The zero-order valence-corrected chi connectivity index (χ0v) is 17.4. The highest BCUT2D eigenvalue weighted by molar-refractivity contribution is 5.99. The molecule has 1 saturated heterocycles. The first kappa shape index (κ1) is 24.0. The van der Waals surface area contributed by atoms with Crippen LogP contribution in [-0.4, -0.2) is 49.2 Å². The van der Waals surface area contributed by atoms with Gasteiger partial charge in [-0.1, -0.05) is 0 Å². The van der Waals surface area contributed by atoms with Gasteiger partial charge in [0.15, 0.2) is 6.10 Å². The highest BCUT2D eigenvalue weighted by atomic mass is 19.4. The molecule has 1 N–H and O–H groups in total. The van der Waals surface area contributed by atoms with E-state index in [-0.39, 0.29) is 16.9 Å². The molecule has 0 aromatic heterocycles. The van der Waals surface area contributed by atoms with Gasteiger partial charge >= 0.3 is 12.1 Å². The quantitative estimate of drug-likeness (QED) is 0.392. The Kier molecular flexibility index (Phi) is 7.16. The molecule has 1 atom stereocenters. The third-order valence-corrected chi connectivity index (χ3v) is 4.90. The Morgan fingerprint density at radius 1 is 1.15 bits per heavy atom. The number of esters is 1. The molecule has 1 fully saturated rings. The lowest BCUT2D eigenvalue weighted by Crippen LogP contribution is -2.37. The molecule has 0 aliphatic carbocycles. The smallest absolute Gasteiger partial charge is 0.416 e. The summed E-state index contributed by atoms with van der Waals surface area (Å²) in [5.74, 6) is -1.75. The van der Waals surface area contributed by atoms with Crippen molar-refractivity contribution in [3.8, 4) is 0 Å². The molecule has 33 heavy (non-hydrogen) atoms. The van der Waals surface area contributed by atoms with E-state index in [1.54, 1.807) is 4.90 Å². The van der Waals surface area contributed by atoms with Gasteiger partial charge in [-0.2, -0.15) is 13.2 Å². The van der Waals surface area contributed by atoms with Crippen LogP contribution in [-0.2, 0) is 20.4 Å². The maximum atomic E-state index is 13.2. The molecule has 1 aliphatic heterocycles. The van der Waals surface area contributed by atoms with Gasteiger partial charge in [-0.05, 0) is 37.3 Å². The normalized spacial score (nSPS) is 15.0. The van der Waals surface area contributed by atoms with E-state index in [0.717, 1.165) is 24.3 Å². The minimum absolute atomic E-state index is 0.0201. The number of carbonyl (C=O) groups is 2. The Hall–Kier alpha value is -3.67. The van der Waals surface area contributed by atoms with Crippen molar-refractivity contribution in [2.45, 2.75) is 19.2 Å². The third-order valence-electron chi connectivity index (χ3n) is 4.90. The molecule has 2 aromatic rings. The molecule has 1 amide bonds. The molecular weight excluding hydrogens is 447 g/mol. The summed E-state index contributed by atoms with van der Waals surface area (Å²) in [7, 11) is 0. The highest BCUT2D eigenvalue weighted by Crippen LogP contribution is 2.36. The minimum Gasteiger partial charge on any atom is -0.449 e. The Balaban J connectivity index is 1.75. The Bertz CT molecular complexity index is 1040. The van der Waals surface area contributed by atoms with Gasteiger partial charge in [0.05, 0.1) is 40.6 Å². The molecule has 0 bridgehead atoms. The number of hydrogen-bond acceptors (Lipinski definition) is 7. The number of non-ortho nitro benzene ring substituents is 1. The summed E-state index contributed by atoms with van der Waals surface area (Å²) in [5, 5.41) is 13.1. The molecule has 0 saturated carbocycles. The second-order valence-corrected chi connectivity index (χ2v) is 7.17. The fraction of sp³-hybridized carbons (Fsp3) is 0.333. The molecule has 0 radical (unpaired) electrons. The van der Waals surface area contributed by atoms with Gasteiger partial charge in [0.25, 0.3) is 11.6 Å². The van der Waals surface area contributed by atoms with E-state index >= 15 is 0 Å². The maximum absolute atomic E-state index is 13.2. The van der Waals surface area contributed by atoms with Crippen molar-refractivity contribution in [2.24, 2.45) is 0 Å². The van der Waals surface area contributed by atoms with Crippen molar-refractivity contribution in [3.63, 3.8) is 0 Å². The maximum Gasteiger partial charge on any atom is 0.416 e. The average molecular weight is 467 g/mol. The number of morpholine rings is 1. The summed E-state index contributed by atoms with van der Waals surface area (Å²) in [6.45, 7) is 2.90. The first-order valence-corrected chi connectivity index (χ1v) is 9.86. The van der Waals surface area contributed by atoms with Crippen molar-refractivity contribution in [1.29, 1.82) is 0 Å². The number of alkyl halides is 3. The van der Waals surface area contributed by atoms with Crippen LogP contribution in [0.15, 0.2) is 42.5 Å². The van der Waals surface area contributed by atoms with Crippen LogP contribution in [0.1, 0.15) is 22.8 Å². The van der Waals surface area contributed by atoms with Crippen LogP contribution in [0.25, 0.3) is 0 Å². The van der Waals surface area contributed by atoms with Crippen molar-refractivity contribution in [2.75, 3.05) is 36.5 Å². The number of nitrogens with zero attached hydrogens (tertiary/aromatic N) is 2. The highest BCUT2D eigenvalue weighted by Gasteiger charge is 2.32. The second kappa shape index (κ2) is 9.86. The second-order valence-electron chi connectivity index (χ2n) is 7.17. The van der Waals surface area contributed by atoms with Gasteiger partial charge in [0.1, 0.15) is 0 Å². The monoisotopic (exact) mass is 467 g/mol. The van der Waals surface area contributed by atoms with E-state index in [2.05, 4.69) is 5.32 Å². The van der Waals surface area contributed by atoms with Gasteiger partial charge in [-0.15, -0.1) is 0 Å². The van der Waals surface area contributed by atoms with E-state index in [0.29, 0.717) is 32.0 Å². The number of nitrogens with one attached hydrogen (secondary N) is 1. The molecule has 1 aliphatic rings. The predicted octanol–water partition coefficient (Wildman–Crippen LogP) is 3.63. The number of anilines is 2. The first-order valence-electron chi connectivity index (χ1n) is 9.86. The van der Waals surface area contributed by atoms with E-state index in [1.807, 2.05) is 0 Å². The SMILES string of the molecule is CC(OC(=O)c1ccc([N+](=O)[O-])cc1)C(=O)Nc1cc(C(F)(F)F)ccc1N1CCOCC1. The lowest BCUT2D eigenvalue weighted by molar-refractivity contribution is -0.384. The summed E-state index contributed by atoms with van der Waals surface area (Å²) in [6, 6.07) is 7.60. The zero-order valence-electron chi connectivity index (χ0n) is 17.4. The molecule has 1 heterocycles. The molecule has 176 valence electrons. The number of rotatable bonds is 6. The lowest BCUT2D eigenvalue weighted by atomic mass is 10.1. The Morgan fingerprint density at radius 3 is 2.36 bits per heavy atom. The summed E-state index contributed by atoms with van der Waals surface area (Å²) >= 11 is 0. The Labute approximate surface area is 186 Å². The molecule has 0 spiro atoms. The van der Waals surface area contributed by atoms with Crippen molar-refractivity contribution in [3.05, 3.63) is 63.7 Å². The lowest BCUT2D eigenvalue weighted by Gasteiger charge is -2.31. The number of nitro groups is 1. The molecule has 12 heteroatoms. The summed E-state index contributed by atoms with van der Waals surface area (Å²) in [4.78, 5) is 36.7. The van der Waals surface area contributed by atoms with Crippen LogP contribution in [0.4, 0.5) is 30.2 Å². The standard InChI is InChI=1S/C21H20F3N3O6/c1-13(33-20(29)14-2-5-16(6-3-14)27(30)31)19(28)25-17-12-15(21(22,23)24)4-7-18(17)26-8-10-32-11-9-26/h2-7,12-13H,8-11H2,1H3,(H,25,28). The number of benzene rings is 2. The fourth-order valence-corrected chi connectivity index (χ4v) is 3.13. The molecule has 9 nitrogen and oxygen atoms in total. The Morgan fingerprint density at radius 2 is 1.79 bits per heavy atom. The largest absolute Gasteiger partial charge is 0.449 e. The fourth-order valence-electron chi connectivity index (χ4n) is 3.13. The number of halogens is 3. The van der Waals surface area contributed by atoms with Crippen LogP contribution in [0.2, 0.25) is 0 Å². The van der Waals surface area contributed by atoms with E-state index < -0.39 is 34.6 Å². The number of ether oxygens (including phenoxy) is 2. The molecule has 2 aromatic carbocycles.